The Balaban J connectivity index is 0.000000576. The van der Waals surface area contributed by atoms with E-state index in [1.807, 2.05) is 0 Å². The average molecular weight is 753 g/mol. The van der Waals surface area contributed by atoms with Gasteiger partial charge in [-0.25, -0.2) is 0 Å². The van der Waals surface area contributed by atoms with Crippen LogP contribution >= 0.6 is 0 Å². The average Bonchev–Trinajstić information content (AvgIpc) is 2.97. The van der Waals surface area contributed by atoms with Crippen LogP contribution in [0.4, 0.5) is 0 Å². The fraction of sp³-hybridized carbons (Fsp3) is 0.659. The van der Waals surface area contributed by atoms with Crippen LogP contribution < -0.4 is 0 Å². The van der Waals surface area contributed by atoms with Crippen LogP contribution in [-0.2, 0) is 65.6 Å². The summed E-state index contributed by atoms with van der Waals surface area (Å²) < 4.78 is 13.9. The number of piperidine rings is 1. The maximum absolute atomic E-state index is 12.8. The molecule has 1 aliphatic rings. The van der Waals surface area contributed by atoms with Crippen LogP contribution in [0.15, 0.2) is 24.3 Å². The molecule has 7 heteroatoms. The van der Waals surface area contributed by atoms with E-state index in [1.165, 1.54) is 5.56 Å². The molecule has 1 fully saturated rings. The van der Waals surface area contributed by atoms with Gasteiger partial charge in [0.15, 0.2) is 0 Å². The van der Waals surface area contributed by atoms with Crippen molar-refractivity contribution in [2.45, 2.75) is 170 Å². The number of likely N-dealkylation sites (tertiary alicyclic amines) is 1. The van der Waals surface area contributed by atoms with Crippen LogP contribution in [0, 0.1) is 25.7 Å². The van der Waals surface area contributed by atoms with E-state index in [9.17, 15) is 15.0 Å². The van der Waals surface area contributed by atoms with Crippen molar-refractivity contribution in [3.8, 4) is 11.5 Å². The van der Waals surface area contributed by atoms with Gasteiger partial charge in [-0.15, -0.1) is 6.54 Å². The quantitative estimate of drug-likeness (QED) is 0.186. The minimum absolute atomic E-state index is 0.0609. The number of carbonyl (C=O) groups is 1. The van der Waals surface area contributed by atoms with Gasteiger partial charge in [0.1, 0.15) is 17.6 Å². The van der Waals surface area contributed by atoms with Crippen molar-refractivity contribution in [1.82, 2.24) is 4.90 Å². The van der Waals surface area contributed by atoms with E-state index < -0.39 is 0 Å². The third kappa shape index (κ3) is 13.9. The third-order valence-corrected chi connectivity index (χ3v) is 9.71. The van der Waals surface area contributed by atoms with Crippen LogP contribution in [0.3, 0.4) is 0 Å². The molecule has 1 saturated heterocycles. The van der Waals surface area contributed by atoms with E-state index in [1.54, 1.807) is 0 Å². The molecule has 2 aromatic rings. The van der Waals surface area contributed by atoms with E-state index in [0.29, 0.717) is 36.2 Å². The number of nitrogens with zero attached hydrogens (tertiary/aromatic N) is 1. The summed E-state index contributed by atoms with van der Waals surface area (Å²) in [5.41, 5.74) is 5.84. The Morgan fingerprint density at radius 2 is 1.22 bits per heavy atom. The number of benzene rings is 2. The molecular weight excluding hydrogens is 681 g/mol. The Hall–Kier alpha value is -2.22. The molecule has 0 unspecified atom stereocenters. The summed E-state index contributed by atoms with van der Waals surface area (Å²) in [4.78, 5) is 15.2. The molecule has 0 aromatic heterocycles. The summed E-state index contributed by atoms with van der Waals surface area (Å²) >= 11 is 2.31. The summed E-state index contributed by atoms with van der Waals surface area (Å²) in [6.45, 7) is 39.0. The molecule has 6 nitrogen and oxygen atoms in total. The molecule has 0 radical (unpaired) electrons. The predicted octanol–water partition coefficient (Wildman–Crippen LogP) is 10.4. The van der Waals surface area contributed by atoms with Crippen molar-refractivity contribution >= 4 is 5.97 Å². The first kappa shape index (κ1) is 46.8. The van der Waals surface area contributed by atoms with Crippen LogP contribution in [-0.4, -0.2) is 44.8 Å². The molecule has 2 N–H and O–H groups in total. The number of carbonyl (C=O) groups excluding carboxylic acids is 1. The third-order valence-electron chi connectivity index (χ3n) is 9.71. The van der Waals surface area contributed by atoms with E-state index in [4.69, 9.17) is 8.60 Å². The van der Waals surface area contributed by atoms with Gasteiger partial charge in [0, 0.05) is 30.3 Å². The zero-order valence-corrected chi connectivity index (χ0v) is 35.6. The zero-order valence-electron chi connectivity index (χ0n) is 34.5. The van der Waals surface area contributed by atoms with Crippen molar-refractivity contribution in [2.75, 3.05) is 6.54 Å². The molecule has 0 bridgehead atoms. The number of aromatic hydroxyl groups is 2. The van der Waals surface area contributed by atoms with Gasteiger partial charge in [-0.2, -0.15) is 6.42 Å². The first-order chi connectivity index (χ1) is 23.3. The Morgan fingerprint density at radius 1 is 0.804 bits per heavy atom. The van der Waals surface area contributed by atoms with Gasteiger partial charge in [-0.05, 0) is 97.4 Å². The Bertz CT molecular complexity index is 1330. The molecule has 1 heterocycles. The number of phenolic OH excluding ortho intramolecular Hbond substituents is 2. The van der Waals surface area contributed by atoms with Gasteiger partial charge in [-0.1, -0.05) is 99.1 Å². The Labute approximate surface area is 320 Å². The molecule has 3 rings (SSSR count). The summed E-state index contributed by atoms with van der Waals surface area (Å²) in [6, 6.07) is 8.31. The molecule has 0 atom stereocenters. The number of hydrogen-bond acceptors (Lipinski definition) is 6. The molecule has 1 aliphatic heterocycles. The fourth-order valence-electron chi connectivity index (χ4n) is 7.56. The number of phenols is 2. The second kappa shape index (κ2) is 19.2. The van der Waals surface area contributed by atoms with Crippen molar-refractivity contribution < 1.29 is 39.3 Å². The second-order valence-corrected chi connectivity index (χ2v) is 18.5. The van der Waals surface area contributed by atoms with Gasteiger partial charge in [0.05, 0.1) is 0 Å². The fourth-order valence-corrected chi connectivity index (χ4v) is 7.56. The molecule has 0 spiro atoms. The van der Waals surface area contributed by atoms with E-state index in [-0.39, 0.29) is 34.0 Å². The molecule has 0 aliphatic carbocycles. The normalized spacial score (nSPS) is 16.3. The standard InChI is InChI=1S/C28H46NO3.C16H25O.Co.O/c1-12-29-27(8,9)17-20(18-28(29,10)11)32-23(30)14-13-19-15-21(25(2,3)4)24(31)22(16-19)26(5,6)7;1-6-13-9-14(7-11(2)3)16(17)15(10-13)8-12(4)5;;/h15-16,20,31H,1,12-14,17-18H2,2-11H3;9-12,17H,1,6-8H2,2-5H3;;/q2*-1;;. The minimum atomic E-state index is -0.181. The first-order valence-corrected chi connectivity index (χ1v) is 19.1. The van der Waals surface area contributed by atoms with Crippen LogP contribution in [0.2, 0.25) is 0 Å². The maximum atomic E-state index is 12.8. The Morgan fingerprint density at radius 3 is 1.55 bits per heavy atom. The van der Waals surface area contributed by atoms with Gasteiger partial charge in [-0.3, -0.25) is 4.79 Å². The number of rotatable bonds is 10. The van der Waals surface area contributed by atoms with E-state index >= 15 is 0 Å². The number of esters is 1. The van der Waals surface area contributed by atoms with Crippen molar-refractivity contribution in [2.24, 2.45) is 11.8 Å². The topological polar surface area (TPSA) is 87.1 Å². The Kier molecular flexibility index (Phi) is 17.6. The molecule has 2 aromatic carbocycles. The number of hydrogen-bond donors (Lipinski definition) is 2. The predicted molar refractivity (Wildman–Crippen MR) is 208 cm³/mol. The second-order valence-electron chi connectivity index (χ2n) is 18.5. The van der Waals surface area contributed by atoms with Crippen LogP contribution in [0.1, 0.15) is 150 Å². The number of ether oxygens (including phenoxy) is 1. The summed E-state index contributed by atoms with van der Waals surface area (Å²) in [6.07, 6.45) is 5.17. The van der Waals surface area contributed by atoms with E-state index in [0.717, 1.165) is 66.5 Å². The molecule has 0 saturated carbocycles. The monoisotopic (exact) mass is 752 g/mol. The summed E-state index contributed by atoms with van der Waals surface area (Å²) in [5, 5.41) is 21.2. The summed E-state index contributed by atoms with van der Waals surface area (Å²) in [7, 11) is 0. The molecule has 0 amide bonds. The first-order valence-electron chi connectivity index (χ1n) is 18.7. The number of aryl methyl sites for hydroxylation is 1. The molecular formula is C44H71CoNO5-2. The van der Waals surface area contributed by atoms with Gasteiger partial charge >= 0.3 is 25.5 Å². The van der Waals surface area contributed by atoms with Crippen molar-refractivity contribution in [3.63, 3.8) is 0 Å². The van der Waals surface area contributed by atoms with Gasteiger partial charge < -0.3 is 33.7 Å². The summed E-state index contributed by atoms with van der Waals surface area (Å²) in [5.74, 6) is 1.86. The van der Waals surface area contributed by atoms with Gasteiger partial charge in [0.2, 0.25) is 0 Å². The molecule has 293 valence electrons. The SMILES string of the molecule is [CH2-]CN1C(C)(C)CC(OC(=O)CCc2cc(C(C)(C)C)c(O)c(C(C)(C)C)c2)CC1(C)C.[CH2-]Cc1cc(CC(C)C)c(O)c(CC(C)C)c1.[O]=[Co]. The van der Waals surface area contributed by atoms with Crippen molar-refractivity contribution in [3.05, 3.63) is 71.5 Å². The van der Waals surface area contributed by atoms with Crippen molar-refractivity contribution in [1.29, 1.82) is 0 Å². The van der Waals surface area contributed by atoms with Crippen LogP contribution in [0.25, 0.3) is 0 Å². The molecule has 51 heavy (non-hydrogen) atoms. The van der Waals surface area contributed by atoms with Gasteiger partial charge in [0.25, 0.3) is 0 Å². The van der Waals surface area contributed by atoms with E-state index in [2.05, 4.69) is 156 Å². The zero-order chi connectivity index (χ0) is 39.7. The van der Waals surface area contributed by atoms with Crippen LogP contribution in [0.5, 0.6) is 11.5 Å².